The lowest BCUT2D eigenvalue weighted by Crippen LogP contribution is -2.69. The van der Waals surface area contributed by atoms with Crippen molar-refractivity contribution >= 4 is 29.8 Å². The minimum atomic E-state index is -4.64. The number of nitrogens with one attached hydrogen (secondary N) is 2. The molecule has 58 heavy (non-hydrogen) atoms. The summed E-state index contributed by atoms with van der Waals surface area (Å²) < 4.78 is 61.4. The summed E-state index contributed by atoms with van der Waals surface area (Å²) in [6, 6.07) is 12.3. The van der Waals surface area contributed by atoms with Crippen LogP contribution in [0.1, 0.15) is 98.7 Å². The number of benzene rings is 2. The van der Waals surface area contributed by atoms with Crippen molar-refractivity contribution in [3.05, 3.63) is 76.9 Å². The fourth-order valence-electron chi connectivity index (χ4n) is 8.42. The lowest BCUT2D eigenvalue weighted by atomic mass is 9.62. The first kappa shape index (κ1) is 43.2. The second kappa shape index (κ2) is 18.7. The highest BCUT2D eigenvalue weighted by atomic mass is 19.4. The number of esters is 2. The third-order valence-corrected chi connectivity index (χ3v) is 11.1. The second-order valence-corrected chi connectivity index (χ2v) is 15.4. The number of amides is 2. The van der Waals surface area contributed by atoms with Crippen LogP contribution in [0.4, 0.5) is 13.2 Å². The van der Waals surface area contributed by atoms with Gasteiger partial charge in [0, 0.05) is 44.0 Å². The molecule has 3 aliphatic heterocycles. The van der Waals surface area contributed by atoms with Crippen molar-refractivity contribution in [1.82, 2.24) is 15.7 Å². The number of alkyl halides is 3. The Morgan fingerprint density at radius 1 is 0.966 bits per heavy atom. The maximum absolute atomic E-state index is 14.8. The van der Waals surface area contributed by atoms with E-state index in [2.05, 4.69) is 29.2 Å². The quantitative estimate of drug-likeness (QED) is 0.0961. The summed E-state index contributed by atoms with van der Waals surface area (Å²) in [7, 11) is 0. The third kappa shape index (κ3) is 9.74. The first-order chi connectivity index (χ1) is 27.8. The summed E-state index contributed by atoms with van der Waals surface area (Å²) in [5.74, 6) is -3.51. The molecular weight excluding hydrogens is 763 g/mol. The maximum Gasteiger partial charge on any atom is 0.422 e. The molecule has 4 aliphatic rings. The van der Waals surface area contributed by atoms with E-state index in [0.29, 0.717) is 35.1 Å². The number of halogens is 3. The summed E-state index contributed by atoms with van der Waals surface area (Å²) in [5, 5.41) is 16.2. The molecule has 16 heteroatoms. The summed E-state index contributed by atoms with van der Waals surface area (Å²) in [5.41, 5.74) is 0.742. The van der Waals surface area contributed by atoms with Crippen LogP contribution in [0.2, 0.25) is 0 Å². The van der Waals surface area contributed by atoms with Gasteiger partial charge in [0.05, 0.1) is 13.2 Å². The number of carbonyl (C=O) groups excluding carboxylic acids is 4. The van der Waals surface area contributed by atoms with Crippen LogP contribution in [0.15, 0.2) is 54.6 Å². The molecule has 6 atom stereocenters. The van der Waals surface area contributed by atoms with Crippen molar-refractivity contribution in [2.45, 2.75) is 127 Å². The highest BCUT2D eigenvalue weighted by Crippen LogP contribution is 2.58. The number of unbranched alkanes of at least 4 members (excludes halogenated alkanes) is 4. The molecule has 2 aromatic carbocycles. The van der Waals surface area contributed by atoms with Gasteiger partial charge in [0.1, 0.15) is 29.8 Å². The van der Waals surface area contributed by atoms with E-state index in [1.807, 2.05) is 0 Å². The van der Waals surface area contributed by atoms with Gasteiger partial charge in [0.15, 0.2) is 18.4 Å². The zero-order chi connectivity index (χ0) is 41.5. The molecule has 13 nitrogen and oxygen atoms in total. The summed E-state index contributed by atoms with van der Waals surface area (Å²) in [6.07, 6.45) is 1.61. The molecule has 316 valence electrons. The Labute approximate surface area is 335 Å². The summed E-state index contributed by atoms with van der Waals surface area (Å²) in [6.45, 7) is 2.54. The number of hydrogen-bond acceptors (Lipinski definition) is 11. The number of hydroxylamine groups is 2. The number of nitrogens with zero attached hydrogens (tertiary/aromatic N) is 1. The Hall–Kier alpha value is -4.35. The van der Waals surface area contributed by atoms with E-state index in [-0.39, 0.29) is 38.6 Å². The van der Waals surface area contributed by atoms with Gasteiger partial charge in [-0.1, -0.05) is 75.9 Å². The predicted molar refractivity (Wildman–Crippen MR) is 202 cm³/mol. The van der Waals surface area contributed by atoms with E-state index in [0.717, 1.165) is 44.6 Å². The minimum Gasteiger partial charge on any atom is -0.458 e. The van der Waals surface area contributed by atoms with Crippen molar-refractivity contribution in [2.24, 2.45) is 5.41 Å². The first-order valence-corrected chi connectivity index (χ1v) is 20.1. The van der Waals surface area contributed by atoms with Crippen LogP contribution in [0.25, 0.3) is 6.08 Å². The van der Waals surface area contributed by atoms with Crippen LogP contribution in [0, 0.1) is 5.41 Å². The molecule has 2 amide bonds. The Morgan fingerprint density at radius 3 is 2.34 bits per heavy atom. The molecule has 1 aliphatic carbocycles. The number of aliphatic hydroxyl groups excluding tert-OH is 1. The number of carbonyl (C=O) groups is 4. The zero-order valence-corrected chi connectivity index (χ0v) is 32.8. The third-order valence-electron chi connectivity index (χ3n) is 11.1. The Bertz CT molecular complexity index is 1800. The topological polar surface area (TPSA) is 162 Å². The molecule has 0 spiro atoms. The standard InChI is InChI=1S/C42H52F3N3O10/c1-3-5-7-18-40(19-8-6-4-2)56-33-31-23-41(39(53)47-24-29-10-9-11-30(22-29)37(51)46-20-21-49)35(38(52)55-31)48(58-36(41)34(33)57-40)25-28-14-12-27(13-15-28)16-17-32(50)54-26-42(43,44)45/h9-17,22,31,33-36,49H,3-8,18-21,23-26H2,1-2H3,(H,46,51)(H,47,53)/t31-,33+,34+,35+,36-,41+/m1/s1. The molecule has 3 N–H and O–H groups in total. The van der Waals surface area contributed by atoms with E-state index in [1.54, 1.807) is 48.5 Å². The van der Waals surface area contributed by atoms with Gasteiger partial charge < -0.3 is 34.7 Å². The lowest BCUT2D eigenvalue weighted by molar-refractivity contribution is -0.224. The number of rotatable bonds is 19. The van der Waals surface area contributed by atoms with Crippen molar-refractivity contribution in [2.75, 3.05) is 19.8 Å². The van der Waals surface area contributed by atoms with Gasteiger partial charge in [0.25, 0.3) is 5.91 Å². The van der Waals surface area contributed by atoms with Gasteiger partial charge in [0.2, 0.25) is 5.91 Å². The molecule has 0 radical (unpaired) electrons. The molecular formula is C42H52F3N3O10. The predicted octanol–water partition coefficient (Wildman–Crippen LogP) is 5.28. The average molecular weight is 816 g/mol. The van der Waals surface area contributed by atoms with Gasteiger partial charge in [-0.05, 0) is 47.7 Å². The summed E-state index contributed by atoms with van der Waals surface area (Å²) >= 11 is 0. The van der Waals surface area contributed by atoms with Gasteiger partial charge in [-0.25, -0.2) is 4.79 Å². The normalized spacial score (nSPS) is 26.0. The fourth-order valence-corrected chi connectivity index (χ4v) is 8.42. The molecule has 1 saturated carbocycles. The Balaban J connectivity index is 1.27. The number of fused-ring (bicyclic) bond motifs is 4. The molecule has 4 fully saturated rings. The molecule has 3 saturated heterocycles. The van der Waals surface area contributed by atoms with Crippen LogP contribution in [-0.2, 0) is 51.3 Å². The Kier molecular flexibility index (Phi) is 13.9. The van der Waals surface area contributed by atoms with Gasteiger partial charge >= 0.3 is 18.1 Å². The van der Waals surface area contributed by atoms with Crippen LogP contribution in [0.3, 0.4) is 0 Å². The molecule has 2 bridgehead atoms. The monoisotopic (exact) mass is 815 g/mol. The van der Waals surface area contributed by atoms with Crippen LogP contribution in [0.5, 0.6) is 0 Å². The van der Waals surface area contributed by atoms with E-state index >= 15 is 0 Å². The molecule has 0 aromatic heterocycles. The number of hydrogen-bond donors (Lipinski definition) is 3. The fraction of sp³-hybridized carbons (Fsp3) is 0.571. The molecule has 6 rings (SSSR count). The van der Waals surface area contributed by atoms with Gasteiger partial charge in [-0.2, -0.15) is 18.2 Å². The van der Waals surface area contributed by atoms with Crippen molar-refractivity contribution in [3.63, 3.8) is 0 Å². The van der Waals surface area contributed by atoms with E-state index in [4.69, 9.17) is 24.2 Å². The van der Waals surface area contributed by atoms with E-state index < -0.39 is 72.3 Å². The zero-order valence-electron chi connectivity index (χ0n) is 32.8. The molecule has 3 heterocycles. The van der Waals surface area contributed by atoms with Crippen molar-refractivity contribution in [3.8, 4) is 0 Å². The van der Waals surface area contributed by atoms with E-state index in [1.165, 1.54) is 11.1 Å². The van der Waals surface area contributed by atoms with Crippen molar-refractivity contribution in [1.29, 1.82) is 0 Å². The minimum absolute atomic E-state index is 0.0447. The molecule has 2 aromatic rings. The largest absolute Gasteiger partial charge is 0.458 e. The van der Waals surface area contributed by atoms with Crippen molar-refractivity contribution < 1.29 is 61.2 Å². The lowest BCUT2D eigenvalue weighted by Gasteiger charge is -2.48. The first-order valence-electron chi connectivity index (χ1n) is 20.1. The van der Waals surface area contributed by atoms with E-state index in [9.17, 15) is 32.3 Å². The SMILES string of the molecule is CCCCCC1(CCCCC)O[C@@H]2[C@H](O1)[C@H]1ON(Cc3ccc(C=CC(=O)OCC(F)(F)F)cc3)[C@H]3C(=O)O[C@@H]2C[C@@]13C(=O)NCc1cccc(C(=O)NCCO)c1. The maximum atomic E-state index is 14.8. The highest BCUT2D eigenvalue weighted by Gasteiger charge is 2.76. The molecule has 0 unspecified atom stereocenters. The number of ether oxygens (including phenoxy) is 4. The van der Waals surface area contributed by atoms with Crippen LogP contribution in [-0.4, -0.2) is 96.1 Å². The summed E-state index contributed by atoms with van der Waals surface area (Å²) in [4.78, 5) is 60.0. The second-order valence-electron chi connectivity index (χ2n) is 15.4. The van der Waals surface area contributed by atoms with Crippen LogP contribution >= 0.6 is 0 Å². The smallest absolute Gasteiger partial charge is 0.422 e. The highest BCUT2D eigenvalue weighted by molar-refractivity contribution is 5.95. The van der Waals surface area contributed by atoms with Gasteiger partial charge in [-0.15, -0.1) is 0 Å². The van der Waals surface area contributed by atoms with Gasteiger partial charge in [-0.3, -0.25) is 19.2 Å². The average Bonchev–Trinajstić information content (AvgIpc) is 3.76. The number of aliphatic hydroxyl groups is 1. The van der Waals surface area contributed by atoms with Crippen LogP contribution < -0.4 is 10.6 Å². The Morgan fingerprint density at radius 2 is 1.67 bits per heavy atom.